The first-order chi connectivity index (χ1) is 14.2. The van der Waals surface area contributed by atoms with Gasteiger partial charge in [-0.25, -0.2) is 4.98 Å². The van der Waals surface area contributed by atoms with Gasteiger partial charge in [0.1, 0.15) is 11.6 Å². The first-order valence-electron chi connectivity index (χ1n) is 11.0. The SMILES string of the molecule is CCCN1CCCC(Nc2nc(N3CCCC3)nc3cc(I)c(OC)cc23)CC1. The molecule has 0 amide bonds. The molecule has 29 heavy (non-hydrogen) atoms. The lowest BCUT2D eigenvalue weighted by molar-refractivity contribution is 0.285. The average Bonchev–Trinajstić information content (AvgIpc) is 3.17. The largest absolute Gasteiger partial charge is 0.496 e. The van der Waals surface area contributed by atoms with E-state index in [1.165, 1.54) is 45.2 Å². The number of nitrogens with one attached hydrogen (secondary N) is 1. The van der Waals surface area contributed by atoms with E-state index in [9.17, 15) is 0 Å². The van der Waals surface area contributed by atoms with E-state index in [1.807, 2.05) is 0 Å². The molecule has 2 fully saturated rings. The molecule has 3 heterocycles. The predicted molar refractivity (Wildman–Crippen MR) is 128 cm³/mol. The standard InChI is InChI=1S/C22H32IN5O/c1-3-9-27-10-6-7-16(8-13-27)24-21-17-14-20(29-2)18(23)15-19(17)25-22(26-21)28-11-4-5-12-28/h14-16H,3-13H2,1-2H3,(H,24,25,26). The Bertz CT molecular complexity index is 840. The molecule has 1 aromatic carbocycles. The van der Waals surface area contributed by atoms with Crippen LogP contribution in [0.1, 0.15) is 45.4 Å². The molecule has 0 radical (unpaired) electrons. The van der Waals surface area contributed by atoms with Crippen molar-refractivity contribution >= 4 is 45.3 Å². The van der Waals surface area contributed by atoms with Gasteiger partial charge in [0.2, 0.25) is 5.95 Å². The van der Waals surface area contributed by atoms with E-state index in [2.05, 4.69) is 56.8 Å². The molecule has 2 aromatic rings. The Hall–Kier alpha value is -1.35. The third-order valence-corrected chi connectivity index (χ3v) is 6.89. The van der Waals surface area contributed by atoms with Crippen LogP contribution in [0.5, 0.6) is 5.75 Å². The molecular formula is C22H32IN5O. The fourth-order valence-corrected chi connectivity index (χ4v) is 5.15. The van der Waals surface area contributed by atoms with E-state index in [0.717, 1.165) is 58.0 Å². The molecule has 0 spiro atoms. The number of rotatable bonds is 6. The van der Waals surface area contributed by atoms with Crippen LogP contribution in [-0.2, 0) is 0 Å². The fourth-order valence-electron chi connectivity index (χ4n) is 4.48. The van der Waals surface area contributed by atoms with Gasteiger partial charge in [0, 0.05) is 31.1 Å². The molecule has 158 valence electrons. The molecule has 6 nitrogen and oxygen atoms in total. The van der Waals surface area contributed by atoms with Gasteiger partial charge in [-0.2, -0.15) is 4.98 Å². The van der Waals surface area contributed by atoms with Crippen molar-refractivity contribution < 1.29 is 4.74 Å². The van der Waals surface area contributed by atoms with Crippen molar-refractivity contribution in [1.82, 2.24) is 14.9 Å². The fraction of sp³-hybridized carbons (Fsp3) is 0.636. The van der Waals surface area contributed by atoms with Gasteiger partial charge in [-0.15, -0.1) is 0 Å². The van der Waals surface area contributed by atoms with E-state index in [0.29, 0.717) is 6.04 Å². The smallest absolute Gasteiger partial charge is 0.227 e. The van der Waals surface area contributed by atoms with E-state index in [-0.39, 0.29) is 0 Å². The van der Waals surface area contributed by atoms with Gasteiger partial charge in [0.05, 0.1) is 16.2 Å². The molecule has 2 aliphatic rings. The number of ether oxygens (including phenoxy) is 1. The summed E-state index contributed by atoms with van der Waals surface area (Å²) in [5.74, 6) is 2.70. The molecule has 1 atom stereocenters. The highest BCUT2D eigenvalue weighted by Gasteiger charge is 2.21. The first-order valence-corrected chi connectivity index (χ1v) is 12.0. The van der Waals surface area contributed by atoms with E-state index in [4.69, 9.17) is 14.7 Å². The van der Waals surface area contributed by atoms with E-state index < -0.39 is 0 Å². The lowest BCUT2D eigenvalue weighted by Crippen LogP contribution is -2.27. The zero-order valence-electron chi connectivity index (χ0n) is 17.6. The lowest BCUT2D eigenvalue weighted by atomic mass is 10.1. The van der Waals surface area contributed by atoms with Crippen molar-refractivity contribution in [2.75, 3.05) is 50.1 Å². The Morgan fingerprint density at radius 1 is 1.10 bits per heavy atom. The molecule has 0 aliphatic carbocycles. The second-order valence-electron chi connectivity index (χ2n) is 8.18. The highest BCUT2D eigenvalue weighted by molar-refractivity contribution is 14.1. The second-order valence-corrected chi connectivity index (χ2v) is 9.35. The molecule has 1 N–H and O–H groups in total. The molecule has 4 rings (SSSR count). The number of fused-ring (bicyclic) bond motifs is 1. The summed E-state index contributed by atoms with van der Waals surface area (Å²) in [4.78, 5) is 14.8. The highest BCUT2D eigenvalue weighted by Crippen LogP contribution is 2.33. The molecule has 1 unspecified atom stereocenters. The maximum absolute atomic E-state index is 5.58. The minimum absolute atomic E-state index is 0.451. The molecular weight excluding hydrogens is 477 g/mol. The number of hydrogen-bond acceptors (Lipinski definition) is 6. The Morgan fingerprint density at radius 3 is 2.69 bits per heavy atom. The van der Waals surface area contributed by atoms with Crippen molar-refractivity contribution in [3.05, 3.63) is 15.7 Å². The summed E-state index contributed by atoms with van der Waals surface area (Å²) in [5, 5.41) is 4.85. The van der Waals surface area contributed by atoms with Crippen molar-refractivity contribution in [2.45, 2.75) is 51.5 Å². The Kier molecular flexibility index (Phi) is 6.95. The molecule has 0 saturated carbocycles. The number of anilines is 2. The summed E-state index contributed by atoms with van der Waals surface area (Å²) < 4.78 is 6.66. The molecule has 2 aliphatic heterocycles. The number of benzene rings is 1. The third kappa shape index (κ3) is 4.87. The predicted octanol–water partition coefficient (Wildman–Crippen LogP) is 4.52. The van der Waals surface area contributed by atoms with Gasteiger partial charge in [-0.1, -0.05) is 6.92 Å². The zero-order valence-corrected chi connectivity index (χ0v) is 19.7. The topological polar surface area (TPSA) is 53.5 Å². The summed E-state index contributed by atoms with van der Waals surface area (Å²) >= 11 is 2.33. The van der Waals surface area contributed by atoms with Gasteiger partial charge in [-0.3, -0.25) is 0 Å². The number of methoxy groups -OCH3 is 1. The molecule has 2 saturated heterocycles. The van der Waals surface area contributed by atoms with Gasteiger partial charge in [0.15, 0.2) is 0 Å². The van der Waals surface area contributed by atoms with Crippen LogP contribution in [0.4, 0.5) is 11.8 Å². The van der Waals surface area contributed by atoms with Gasteiger partial charge >= 0.3 is 0 Å². The summed E-state index contributed by atoms with van der Waals surface area (Å²) in [6.45, 7) is 7.94. The number of hydrogen-bond donors (Lipinski definition) is 1. The first kappa shape index (κ1) is 20.9. The Morgan fingerprint density at radius 2 is 1.93 bits per heavy atom. The lowest BCUT2D eigenvalue weighted by Gasteiger charge is -2.22. The van der Waals surface area contributed by atoms with Crippen LogP contribution in [0.3, 0.4) is 0 Å². The van der Waals surface area contributed by atoms with Crippen molar-refractivity contribution in [2.24, 2.45) is 0 Å². The van der Waals surface area contributed by atoms with Crippen LogP contribution in [0.15, 0.2) is 12.1 Å². The van der Waals surface area contributed by atoms with Crippen LogP contribution < -0.4 is 15.0 Å². The minimum Gasteiger partial charge on any atom is -0.496 e. The van der Waals surface area contributed by atoms with Crippen molar-refractivity contribution in [3.63, 3.8) is 0 Å². The summed E-state index contributed by atoms with van der Waals surface area (Å²) in [5.41, 5.74) is 0.996. The number of halogens is 1. The zero-order chi connectivity index (χ0) is 20.2. The van der Waals surface area contributed by atoms with Gasteiger partial charge < -0.3 is 19.9 Å². The molecule has 0 bridgehead atoms. The van der Waals surface area contributed by atoms with Crippen molar-refractivity contribution in [3.8, 4) is 5.75 Å². The maximum atomic E-state index is 5.58. The van der Waals surface area contributed by atoms with Gasteiger partial charge in [0.25, 0.3) is 0 Å². The maximum Gasteiger partial charge on any atom is 0.227 e. The van der Waals surface area contributed by atoms with Gasteiger partial charge in [-0.05, 0) is 86.3 Å². The number of likely N-dealkylation sites (tertiary alicyclic amines) is 1. The Balaban J connectivity index is 1.65. The summed E-state index contributed by atoms with van der Waals surface area (Å²) in [7, 11) is 1.73. The quantitative estimate of drug-likeness (QED) is 0.579. The van der Waals surface area contributed by atoms with Crippen LogP contribution in [0.2, 0.25) is 0 Å². The highest BCUT2D eigenvalue weighted by atomic mass is 127. The third-order valence-electron chi connectivity index (χ3n) is 6.05. The minimum atomic E-state index is 0.451. The molecule has 1 aromatic heterocycles. The van der Waals surface area contributed by atoms with Crippen LogP contribution in [-0.4, -0.2) is 60.7 Å². The normalized spacial score (nSPS) is 20.8. The van der Waals surface area contributed by atoms with E-state index in [1.54, 1.807) is 7.11 Å². The summed E-state index contributed by atoms with van der Waals surface area (Å²) in [6, 6.07) is 4.66. The monoisotopic (exact) mass is 509 g/mol. The van der Waals surface area contributed by atoms with Crippen LogP contribution in [0, 0.1) is 3.57 Å². The number of nitrogens with zero attached hydrogens (tertiary/aromatic N) is 4. The summed E-state index contributed by atoms with van der Waals surface area (Å²) in [6.07, 6.45) is 7.26. The van der Waals surface area contributed by atoms with Crippen LogP contribution in [0.25, 0.3) is 10.9 Å². The average molecular weight is 509 g/mol. The second kappa shape index (κ2) is 9.64. The van der Waals surface area contributed by atoms with Crippen LogP contribution >= 0.6 is 22.6 Å². The number of aromatic nitrogens is 2. The van der Waals surface area contributed by atoms with Crippen molar-refractivity contribution in [1.29, 1.82) is 0 Å². The van der Waals surface area contributed by atoms with E-state index >= 15 is 0 Å². The molecule has 7 heteroatoms. The Labute approximate surface area is 187 Å².